The van der Waals surface area contributed by atoms with E-state index in [9.17, 15) is 19.2 Å². The molecule has 1 aromatic rings. The Labute approximate surface area is 158 Å². The average Bonchev–Trinajstić information content (AvgIpc) is 2.88. The Balaban J connectivity index is 1.96. The number of carbonyl (C=O) groups excluding carboxylic acids is 2. The third-order valence-electron chi connectivity index (χ3n) is 3.65. The van der Waals surface area contributed by atoms with Crippen LogP contribution in [0.3, 0.4) is 0 Å². The molecular weight excluding hydrogens is 380 g/mol. The molecule has 1 aliphatic rings. The number of carboxylic acids is 2. The van der Waals surface area contributed by atoms with Crippen molar-refractivity contribution in [3.8, 4) is 0 Å². The number of carbonyl (C=O) groups is 4. The summed E-state index contributed by atoms with van der Waals surface area (Å²) in [5, 5.41) is 22.3. The molecule has 10 heteroatoms. The van der Waals surface area contributed by atoms with Crippen LogP contribution in [-0.2, 0) is 20.8 Å². The molecule has 1 aliphatic heterocycles. The average molecular weight is 396 g/mol. The molecule has 1 saturated heterocycles. The van der Waals surface area contributed by atoms with E-state index >= 15 is 0 Å². The number of carboxylic acid groups (broad SMARTS) is 2. The first-order valence-electron chi connectivity index (χ1n) is 7.62. The van der Waals surface area contributed by atoms with Gasteiger partial charge in [-0.1, -0.05) is 36.1 Å². The van der Waals surface area contributed by atoms with Crippen molar-refractivity contribution < 1.29 is 29.4 Å². The highest BCUT2D eigenvalue weighted by Crippen LogP contribution is 2.23. The second-order valence-electron chi connectivity index (χ2n) is 5.58. The number of thioether (sulfide) groups is 1. The van der Waals surface area contributed by atoms with Gasteiger partial charge in [-0.25, -0.2) is 4.79 Å². The number of nitrogens with one attached hydrogen (secondary N) is 2. The van der Waals surface area contributed by atoms with Crippen LogP contribution in [0.15, 0.2) is 24.3 Å². The Kier molecular flexibility index (Phi) is 6.70. The highest BCUT2D eigenvalue weighted by atomic mass is 32.2. The van der Waals surface area contributed by atoms with Crippen molar-refractivity contribution in [3.63, 3.8) is 0 Å². The van der Waals surface area contributed by atoms with E-state index in [2.05, 4.69) is 10.6 Å². The van der Waals surface area contributed by atoms with Crippen molar-refractivity contribution >= 4 is 52.1 Å². The topological polar surface area (TPSA) is 133 Å². The normalized spacial score (nSPS) is 17.5. The van der Waals surface area contributed by atoms with E-state index in [4.69, 9.17) is 22.4 Å². The van der Waals surface area contributed by atoms with Gasteiger partial charge in [0.2, 0.25) is 5.91 Å². The number of rotatable bonds is 8. The third-order valence-corrected chi connectivity index (χ3v) is 5.03. The molecular formula is C16H16N2O6S2. The zero-order valence-electron chi connectivity index (χ0n) is 13.4. The zero-order valence-corrected chi connectivity index (χ0v) is 15.1. The van der Waals surface area contributed by atoms with Gasteiger partial charge < -0.3 is 20.8 Å². The van der Waals surface area contributed by atoms with Crippen LogP contribution in [0.25, 0.3) is 0 Å². The Morgan fingerprint density at radius 1 is 1.23 bits per heavy atom. The maximum Gasteiger partial charge on any atom is 0.326 e. The molecule has 26 heavy (non-hydrogen) atoms. The van der Waals surface area contributed by atoms with Crippen molar-refractivity contribution in [1.82, 2.24) is 10.6 Å². The molecule has 1 fully saturated rings. The Morgan fingerprint density at radius 3 is 2.38 bits per heavy atom. The van der Waals surface area contributed by atoms with Crippen LogP contribution in [-0.4, -0.2) is 49.6 Å². The zero-order chi connectivity index (χ0) is 19.3. The van der Waals surface area contributed by atoms with Gasteiger partial charge in [-0.15, -0.1) is 0 Å². The molecule has 0 saturated carbocycles. The van der Waals surface area contributed by atoms with E-state index < -0.39 is 23.9 Å². The highest BCUT2D eigenvalue weighted by Gasteiger charge is 2.29. The van der Waals surface area contributed by atoms with E-state index in [-0.39, 0.29) is 29.6 Å². The summed E-state index contributed by atoms with van der Waals surface area (Å²) in [5.41, 5.74) is 1.08. The molecule has 2 amide bonds. The van der Waals surface area contributed by atoms with E-state index in [1.54, 1.807) is 12.1 Å². The summed E-state index contributed by atoms with van der Waals surface area (Å²) in [6.45, 7) is 0. The van der Waals surface area contributed by atoms with Crippen LogP contribution in [0.4, 0.5) is 0 Å². The van der Waals surface area contributed by atoms with Crippen molar-refractivity contribution in [2.75, 3.05) is 0 Å². The van der Waals surface area contributed by atoms with Crippen LogP contribution in [0.5, 0.6) is 0 Å². The van der Waals surface area contributed by atoms with Gasteiger partial charge in [-0.05, 0) is 30.5 Å². The first-order chi connectivity index (χ1) is 12.3. The molecule has 0 aliphatic carbocycles. The molecule has 1 aromatic carbocycles. The lowest BCUT2D eigenvalue weighted by Crippen LogP contribution is -2.41. The number of aliphatic carboxylic acids is 2. The van der Waals surface area contributed by atoms with Gasteiger partial charge in [0.25, 0.3) is 5.91 Å². The fourth-order valence-corrected chi connectivity index (χ4v) is 3.61. The standard InChI is InChI=1S/C16H16N2O6S2/c19-12(20)6-5-10(15(23)24)17-13(21)9-3-1-8(2-4-9)7-11-14(22)18-16(25)26-11/h1-4,10-11H,5-7H2,(H,17,21)(H,19,20)(H,23,24)(H,18,22,25)/t10-,11?/m1/s1. The minimum absolute atomic E-state index is 0.149. The Bertz CT molecular complexity index is 750. The van der Waals surface area contributed by atoms with Crippen LogP contribution < -0.4 is 10.6 Å². The molecule has 138 valence electrons. The monoisotopic (exact) mass is 396 g/mol. The van der Waals surface area contributed by atoms with Crippen molar-refractivity contribution in [2.24, 2.45) is 0 Å². The molecule has 8 nitrogen and oxygen atoms in total. The summed E-state index contributed by atoms with van der Waals surface area (Å²) >= 11 is 6.21. The summed E-state index contributed by atoms with van der Waals surface area (Å²) in [4.78, 5) is 45.5. The molecule has 0 spiro atoms. The van der Waals surface area contributed by atoms with Gasteiger partial charge in [0, 0.05) is 12.0 Å². The predicted molar refractivity (Wildman–Crippen MR) is 98.0 cm³/mol. The molecule has 0 aromatic heterocycles. The number of hydrogen-bond acceptors (Lipinski definition) is 6. The number of amides is 2. The number of benzene rings is 1. The van der Waals surface area contributed by atoms with E-state index in [1.165, 1.54) is 23.9 Å². The predicted octanol–water partition coefficient (Wildman–Crippen LogP) is 0.793. The summed E-state index contributed by atoms with van der Waals surface area (Å²) in [5.74, 6) is -3.19. The van der Waals surface area contributed by atoms with Crippen molar-refractivity contribution in [2.45, 2.75) is 30.6 Å². The summed E-state index contributed by atoms with van der Waals surface area (Å²) in [6.07, 6.45) is -0.115. The maximum absolute atomic E-state index is 12.1. The largest absolute Gasteiger partial charge is 0.481 e. The van der Waals surface area contributed by atoms with E-state index in [1.807, 2.05) is 0 Å². The molecule has 2 atom stereocenters. The summed E-state index contributed by atoms with van der Waals surface area (Å²) in [7, 11) is 0. The molecule has 4 N–H and O–H groups in total. The fourth-order valence-electron chi connectivity index (χ4n) is 2.30. The lowest BCUT2D eigenvalue weighted by molar-refractivity contribution is -0.140. The van der Waals surface area contributed by atoms with Crippen LogP contribution in [0, 0.1) is 0 Å². The lowest BCUT2D eigenvalue weighted by atomic mass is 10.1. The van der Waals surface area contributed by atoms with Crippen LogP contribution in [0.2, 0.25) is 0 Å². The first kappa shape index (κ1) is 19.9. The molecule has 1 heterocycles. The minimum atomic E-state index is -1.29. The second-order valence-corrected chi connectivity index (χ2v) is 7.46. The summed E-state index contributed by atoms with van der Waals surface area (Å²) < 4.78 is 0.442. The van der Waals surface area contributed by atoms with Gasteiger partial charge in [-0.2, -0.15) is 0 Å². The van der Waals surface area contributed by atoms with Gasteiger partial charge in [0.05, 0.1) is 5.25 Å². The molecule has 0 radical (unpaired) electrons. The second kappa shape index (κ2) is 8.77. The smallest absolute Gasteiger partial charge is 0.326 e. The fraction of sp³-hybridized carbons (Fsp3) is 0.312. The van der Waals surface area contributed by atoms with Crippen molar-refractivity contribution in [1.29, 1.82) is 0 Å². The third kappa shape index (κ3) is 5.53. The van der Waals surface area contributed by atoms with E-state index in [0.29, 0.717) is 10.7 Å². The SMILES string of the molecule is O=C(O)CC[C@@H](NC(=O)c1ccc(CC2SC(=S)NC2=O)cc1)C(=O)O. The molecule has 1 unspecified atom stereocenters. The maximum atomic E-state index is 12.1. The van der Waals surface area contributed by atoms with Crippen LogP contribution in [0.1, 0.15) is 28.8 Å². The Hall–Kier alpha value is -2.46. The van der Waals surface area contributed by atoms with Gasteiger partial charge in [-0.3, -0.25) is 14.4 Å². The van der Waals surface area contributed by atoms with Gasteiger partial charge in [0.1, 0.15) is 10.4 Å². The van der Waals surface area contributed by atoms with Gasteiger partial charge in [0.15, 0.2) is 0 Å². The highest BCUT2D eigenvalue weighted by molar-refractivity contribution is 8.24. The van der Waals surface area contributed by atoms with Crippen molar-refractivity contribution in [3.05, 3.63) is 35.4 Å². The molecule has 0 bridgehead atoms. The number of hydrogen-bond donors (Lipinski definition) is 4. The summed E-state index contributed by atoms with van der Waals surface area (Å²) in [6, 6.07) is 5.12. The quantitative estimate of drug-likeness (QED) is 0.474. The van der Waals surface area contributed by atoms with Crippen LogP contribution >= 0.6 is 24.0 Å². The molecule has 2 rings (SSSR count). The minimum Gasteiger partial charge on any atom is -0.481 e. The number of thiocarbonyl (C=S) groups is 1. The van der Waals surface area contributed by atoms with E-state index in [0.717, 1.165) is 5.56 Å². The first-order valence-corrected chi connectivity index (χ1v) is 8.91. The Morgan fingerprint density at radius 2 is 1.88 bits per heavy atom. The lowest BCUT2D eigenvalue weighted by Gasteiger charge is -2.14. The van der Waals surface area contributed by atoms with Gasteiger partial charge >= 0.3 is 11.9 Å².